The molecule has 1 saturated carbocycles. The maximum absolute atomic E-state index is 9.28. The molecule has 1 N–H and O–H groups in total. The molecule has 2 rings (SSSR count). The van der Waals surface area contributed by atoms with E-state index in [-0.39, 0.29) is 5.41 Å². The third-order valence-corrected chi connectivity index (χ3v) is 3.99. The summed E-state index contributed by atoms with van der Waals surface area (Å²) < 4.78 is 0. The lowest BCUT2D eigenvalue weighted by Gasteiger charge is -2.35. The van der Waals surface area contributed by atoms with E-state index in [0.717, 1.165) is 5.92 Å². The first-order valence-electron chi connectivity index (χ1n) is 4.47. The van der Waals surface area contributed by atoms with Crippen LogP contribution in [0.25, 0.3) is 0 Å². The zero-order valence-corrected chi connectivity index (χ0v) is 7.25. The molecule has 4 atom stereocenters. The monoisotopic (exact) mass is 152 g/mol. The fourth-order valence-corrected chi connectivity index (χ4v) is 2.67. The number of rotatable bonds is 1. The van der Waals surface area contributed by atoms with E-state index in [1.165, 1.54) is 6.42 Å². The van der Waals surface area contributed by atoms with Gasteiger partial charge in [0.25, 0.3) is 0 Å². The van der Waals surface area contributed by atoms with Gasteiger partial charge in [0.05, 0.1) is 0 Å². The summed E-state index contributed by atoms with van der Waals surface area (Å²) >= 11 is 0. The number of fused-ring (bicyclic) bond motifs is 2. The Labute approximate surface area is 68.1 Å². The summed E-state index contributed by atoms with van der Waals surface area (Å²) in [5.74, 6) is 2.06. The Kier molecular flexibility index (Phi) is 1.40. The first kappa shape index (κ1) is 7.35. The van der Waals surface area contributed by atoms with E-state index in [9.17, 15) is 5.11 Å². The van der Waals surface area contributed by atoms with Gasteiger partial charge in [-0.25, -0.2) is 0 Å². The van der Waals surface area contributed by atoms with Gasteiger partial charge in [0.1, 0.15) is 0 Å². The Hall–Kier alpha value is -0.300. The molecule has 0 saturated heterocycles. The van der Waals surface area contributed by atoms with Crippen molar-refractivity contribution in [1.29, 1.82) is 0 Å². The van der Waals surface area contributed by atoms with Crippen LogP contribution in [0.15, 0.2) is 12.2 Å². The number of aliphatic hydroxyl groups excluding tert-OH is 1. The third kappa shape index (κ3) is 0.750. The maximum Gasteiger partial charge on any atom is 0.0493 e. The van der Waals surface area contributed by atoms with Gasteiger partial charge >= 0.3 is 0 Å². The van der Waals surface area contributed by atoms with E-state index in [4.69, 9.17) is 0 Å². The average molecular weight is 152 g/mol. The molecule has 0 aliphatic heterocycles. The zero-order valence-electron chi connectivity index (χ0n) is 7.25. The van der Waals surface area contributed by atoms with E-state index >= 15 is 0 Å². The Morgan fingerprint density at radius 1 is 1.55 bits per heavy atom. The fourth-order valence-electron chi connectivity index (χ4n) is 2.67. The van der Waals surface area contributed by atoms with E-state index in [0.29, 0.717) is 18.4 Å². The first-order valence-corrected chi connectivity index (χ1v) is 4.47. The van der Waals surface area contributed by atoms with Crippen LogP contribution in [0.3, 0.4) is 0 Å². The van der Waals surface area contributed by atoms with Crippen LogP contribution >= 0.6 is 0 Å². The minimum Gasteiger partial charge on any atom is -0.396 e. The van der Waals surface area contributed by atoms with Crippen molar-refractivity contribution in [2.45, 2.75) is 20.3 Å². The van der Waals surface area contributed by atoms with Gasteiger partial charge in [0, 0.05) is 12.0 Å². The SMILES string of the molecule is C[C@@H]1[C@@H]2C=C[C@@H](C2)[C@]1(C)CO. The molecule has 0 amide bonds. The van der Waals surface area contributed by atoms with Crippen LogP contribution in [0.5, 0.6) is 0 Å². The van der Waals surface area contributed by atoms with Crippen LogP contribution in [-0.4, -0.2) is 11.7 Å². The summed E-state index contributed by atoms with van der Waals surface area (Å²) in [5.41, 5.74) is 0.180. The minimum atomic E-state index is 0.180. The van der Waals surface area contributed by atoms with Crippen molar-refractivity contribution in [3.8, 4) is 0 Å². The van der Waals surface area contributed by atoms with Crippen molar-refractivity contribution in [2.24, 2.45) is 23.2 Å². The molecule has 0 aromatic carbocycles. The molecule has 2 aliphatic rings. The zero-order chi connectivity index (χ0) is 8.06. The van der Waals surface area contributed by atoms with Gasteiger partial charge in [0.15, 0.2) is 0 Å². The van der Waals surface area contributed by atoms with Crippen LogP contribution in [-0.2, 0) is 0 Å². The quantitative estimate of drug-likeness (QED) is 0.568. The topological polar surface area (TPSA) is 20.2 Å². The fraction of sp³-hybridized carbons (Fsp3) is 0.800. The summed E-state index contributed by atoms with van der Waals surface area (Å²) in [6, 6.07) is 0. The number of aliphatic hydroxyl groups is 1. The second-order valence-corrected chi connectivity index (χ2v) is 4.34. The maximum atomic E-state index is 9.28. The molecule has 0 aromatic heterocycles. The van der Waals surface area contributed by atoms with Crippen LogP contribution < -0.4 is 0 Å². The summed E-state index contributed by atoms with van der Waals surface area (Å²) in [5, 5.41) is 9.28. The summed E-state index contributed by atoms with van der Waals surface area (Å²) in [7, 11) is 0. The highest BCUT2D eigenvalue weighted by molar-refractivity contribution is 5.16. The van der Waals surface area contributed by atoms with E-state index in [1.807, 2.05) is 0 Å². The Morgan fingerprint density at radius 2 is 2.27 bits per heavy atom. The van der Waals surface area contributed by atoms with Crippen molar-refractivity contribution in [1.82, 2.24) is 0 Å². The summed E-state index contributed by atoms with van der Waals surface area (Å²) in [4.78, 5) is 0. The molecule has 0 aromatic rings. The number of allylic oxidation sites excluding steroid dienone is 2. The molecular weight excluding hydrogens is 136 g/mol. The predicted octanol–water partition coefficient (Wildman–Crippen LogP) is 1.83. The molecule has 62 valence electrons. The normalized spacial score (nSPS) is 53.9. The van der Waals surface area contributed by atoms with Gasteiger partial charge in [-0.2, -0.15) is 0 Å². The van der Waals surface area contributed by atoms with Crippen molar-refractivity contribution in [3.63, 3.8) is 0 Å². The van der Waals surface area contributed by atoms with E-state index in [2.05, 4.69) is 26.0 Å². The number of hydrogen-bond donors (Lipinski definition) is 1. The standard InChI is InChI=1S/C10H16O/c1-7-8-3-4-9(5-8)10(7,2)6-11/h3-4,7-9,11H,5-6H2,1-2H3/t7-,8-,9+,10-/m1/s1. The molecule has 0 radical (unpaired) electrons. The smallest absolute Gasteiger partial charge is 0.0493 e. The predicted molar refractivity (Wildman–Crippen MR) is 45.1 cm³/mol. The van der Waals surface area contributed by atoms with Crippen molar-refractivity contribution in [2.75, 3.05) is 6.61 Å². The molecule has 11 heavy (non-hydrogen) atoms. The van der Waals surface area contributed by atoms with Crippen molar-refractivity contribution in [3.05, 3.63) is 12.2 Å². The van der Waals surface area contributed by atoms with Gasteiger partial charge in [-0.3, -0.25) is 0 Å². The second kappa shape index (κ2) is 2.10. The number of hydrogen-bond acceptors (Lipinski definition) is 1. The molecule has 1 nitrogen and oxygen atoms in total. The van der Waals surface area contributed by atoms with Crippen molar-refractivity contribution >= 4 is 0 Å². The highest BCUT2D eigenvalue weighted by atomic mass is 16.3. The Bertz CT molecular complexity index is 197. The molecule has 1 heteroatoms. The van der Waals surface area contributed by atoms with Gasteiger partial charge in [-0.15, -0.1) is 0 Å². The minimum absolute atomic E-state index is 0.180. The van der Waals surface area contributed by atoms with E-state index in [1.54, 1.807) is 0 Å². The van der Waals surface area contributed by atoms with E-state index < -0.39 is 0 Å². The van der Waals surface area contributed by atoms with Gasteiger partial charge in [0.2, 0.25) is 0 Å². The highest BCUT2D eigenvalue weighted by Crippen LogP contribution is 2.55. The van der Waals surface area contributed by atoms with Gasteiger partial charge < -0.3 is 5.11 Å². The lowest BCUT2D eigenvalue weighted by atomic mass is 9.71. The molecule has 2 bridgehead atoms. The molecule has 0 heterocycles. The lowest BCUT2D eigenvalue weighted by molar-refractivity contribution is 0.0740. The van der Waals surface area contributed by atoms with Crippen molar-refractivity contribution < 1.29 is 5.11 Å². The molecule has 1 fully saturated rings. The molecule has 2 aliphatic carbocycles. The summed E-state index contributed by atoms with van der Waals surface area (Å²) in [6.07, 6.45) is 5.89. The largest absolute Gasteiger partial charge is 0.396 e. The van der Waals surface area contributed by atoms with Crippen LogP contribution in [0.1, 0.15) is 20.3 Å². The summed E-state index contributed by atoms with van der Waals surface area (Å²) in [6.45, 7) is 4.83. The second-order valence-electron chi connectivity index (χ2n) is 4.34. The first-order chi connectivity index (χ1) is 5.18. The molecule has 0 unspecified atom stereocenters. The Balaban J connectivity index is 2.31. The van der Waals surface area contributed by atoms with Crippen LogP contribution in [0, 0.1) is 23.2 Å². The average Bonchev–Trinajstić information content (AvgIpc) is 2.56. The third-order valence-electron chi connectivity index (χ3n) is 3.99. The Morgan fingerprint density at radius 3 is 2.64 bits per heavy atom. The van der Waals surface area contributed by atoms with Crippen LogP contribution in [0.4, 0.5) is 0 Å². The van der Waals surface area contributed by atoms with Gasteiger partial charge in [-0.1, -0.05) is 26.0 Å². The lowest BCUT2D eigenvalue weighted by Crippen LogP contribution is -2.33. The van der Waals surface area contributed by atoms with Crippen LogP contribution in [0.2, 0.25) is 0 Å². The molecule has 0 spiro atoms. The molecular formula is C10H16O. The van der Waals surface area contributed by atoms with Gasteiger partial charge in [-0.05, 0) is 24.2 Å². The highest BCUT2D eigenvalue weighted by Gasteiger charge is 2.50.